The van der Waals surface area contributed by atoms with Gasteiger partial charge in [-0.15, -0.1) is 5.10 Å². The Labute approximate surface area is 172 Å². The zero-order chi connectivity index (χ0) is 21.7. The zero-order valence-electron chi connectivity index (χ0n) is 16.4. The standard InChI is InChI=1S/C18H22BN5O6/c1-20-6-12-7-24(22-21-12)10-15(25)23-8-13(9-23)30-14-3-2-11(4-5-19-29)17(26)16(14)18(27)28/h2-3,7,13,20,26H,4-6,8-10H2,1H3,(H,27,28). The Morgan fingerprint density at radius 3 is 2.80 bits per heavy atom. The fourth-order valence-corrected chi connectivity index (χ4v) is 3.15. The van der Waals surface area contributed by atoms with E-state index < -0.39 is 11.7 Å². The van der Waals surface area contributed by atoms with Crippen LogP contribution in [0.2, 0.25) is 6.32 Å². The summed E-state index contributed by atoms with van der Waals surface area (Å²) < 4.78 is 17.7. The van der Waals surface area contributed by atoms with Gasteiger partial charge in [0.15, 0.2) is 0 Å². The van der Waals surface area contributed by atoms with Crippen molar-refractivity contribution in [3.8, 4) is 11.5 Å². The van der Waals surface area contributed by atoms with E-state index in [4.69, 9.17) is 4.74 Å². The van der Waals surface area contributed by atoms with Gasteiger partial charge in [0.05, 0.1) is 11.9 Å². The summed E-state index contributed by atoms with van der Waals surface area (Å²) in [4.78, 5) is 25.5. The maximum atomic E-state index is 12.3. The smallest absolute Gasteiger partial charge is 0.0666 e. The molecule has 1 aliphatic rings. The Morgan fingerprint density at radius 1 is 1.37 bits per heavy atom. The number of carboxylic acids is 1. The van der Waals surface area contributed by atoms with E-state index in [9.17, 15) is 24.5 Å². The number of nitrogens with zero attached hydrogens (tertiary/aromatic N) is 4. The number of carbonyl (C=O) groups is 2. The molecule has 158 valence electrons. The van der Waals surface area contributed by atoms with Crippen molar-refractivity contribution in [3.63, 3.8) is 0 Å². The molecule has 0 radical (unpaired) electrons. The summed E-state index contributed by atoms with van der Waals surface area (Å²) in [5, 5.41) is 30.5. The second-order valence-corrected chi connectivity index (χ2v) is 6.93. The van der Waals surface area contributed by atoms with Crippen molar-refractivity contribution in [2.45, 2.75) is 31.9 Å². The van der Waals surface area contributed by atoms with Crippen LogP contribution in [0.15, 0.2) is 18.3 Å². The van der Waals surface area contributed by atoms with Gasteiger partial charge in [-0.25, -0.2) is 4.68 Å². The number of benzene rings is 1. The Balaban J connectivity index is 1.58. The molecular weight excluding hydrogens is 393 g/mol. The molecule has 2 heterocycles. The summed E-state index contributed by atoms with van der Waals surface area (Å²) in [6.45, 7) is 1.20. The molecule has 1 aromatic carbocycles. The van der Waals surface area contributed by atoms with Crippen molar-refractivity contribution >= 4 is 19.0 Å². The first-order valence-electron chi connectivity index (χ1n) is 9.42. The molecular formula is C18H22BN5O6. The molecule has 1 fully saturated rings. The normalized spacial score (nSPS) is 13.6. The number of rotatable bonds is 10. The number of aromatic carboxylic acids is 1. The maximum absolute atomic E-state index is 12.3. The van der Waals surface area contributed by atoms with Crippen LogP contribution >= 0.6 is 0 Å². The van der Waals surface area contributed by atoms with E-state index >= 15 is 0 Å². The fourth-order valence-electron chi connectivity index (χ4n) is 3.15. The number of aromatic hydroxyl groups is 1. The second kappa shape index (κ2) is 9.48. The van der Waals surface area contributed by atoms with Crippen molar-refractivity contribution in [1.29, 1.82) is 0 Å². The number of carboxylic acid groups (broad SMARTS) is 1. The largest absolute Gasteiger partial charge is 0.134 e. The third-order valence-corrected chi connectivity index (χ3v) is 4.70. The number of likely N-dealkylation sites (tertiary alicyclic amines) is 1. The van der Waals surface area contributed by atoms with Gasteiger partial charge in [0, 0.05) is 6.54 Å². The van der Waals surface area contributed by atoms with E-state index in [1.54, 1.807) is 18.1 Å². The first-order valence-corrected chi connectivity index (χ1v) is 9.42. The third-order valence-electron chi connectivity index (χ3n) is 4.70. The number of hydrogen-bond donors (Lipinski definition) is 3. The Kier molecular flexibility index (Phi) is 6.77. The van der Waals surface area contributed by atoms with Crippen molar-refractivity contribution in [1.82, 2.24) is 25.2 Å². The van der Waals surface area contributed by atoms with Crippen molar-refractivity contribution in [2.75, 3.05) is 20.1 Å². The minimum absolute atomic E-state index is 0.0277. The number of aryl methyl sites for hydroxylation is 1. The number of amides is 1. The average molecular weight is 415 g/mol. The minimum Gasteiger partial charge on any atom is -0.134 e. The summed E-state index contributed by atoms with van der Waals surface area (Å²) in [6.07, 6.45) is 1.72. The molecule has 3 rings (SSSR count). The number of ether oxygens (including phenoxy) is 1. The van der Waals surface area contributed by atoms with Crippen LogP contribution in [0.3, 0.4) is 0 Å². The predicted octanol–water partition coefficient (Wildman–Crippen LogP) is -0.298. The molecule has 0 spiro atoms. The van der Waals surface area contributed by atoms with Gasteiger partial charge < -0.3 is 5.32 Å². The van der Waals surface area contributed by atoms with Crippen LogP contribution < -0.4 is 10.1 Å². The van der Waals surface area contributed by atoms with Crippen LogP contribution in [0.25, 0.3) is 0 Å². The summed E-state index contributed by atoms with van der Waals surface area (Å²) in [5.74, 6) is -1.86. The van der Waals surface area contributed by atoms with Gasteiger partial charge in [-0.2, -0.15) is 0 Å². The molecule has 1 aromatic heterocycles. The molecule has 0 atom stereocenters. The van der Waals surface area contributed by atoms with E-state index in [2.05, 4.69) is 15.6 Å². The van der Waals surface area contributed by atoms with Crippen LogP contribution in [0.1, 0.15) is 21.6 Å². The van der Waals surface area contributed by atoms with E-state index in [1.807, 2.05) is 0 Å². The first kappa shape index (κ1) is 21.4. The van der Waals surface area contributed by atoms with Gasteiger partial charge in [-0.1, -0.05) is 5.21 Å². The summed E-state index contributed by atoms with van der Waals surface area (Å²) in [6, 6.07) is 3.00. The Morgan fingerprint density at radius 2 is 2.13 bits per heavy atom. The van der Waals surface area contributed by atoms with Gasteiger partial charge >= 0.3 is 126 Å². The molecule has 12 heteroatoms. The molecule has 1 saturated heterocycles. The molecule has 30 heavy (non-hydrogen) atoms. The average Bonchev–Trinajstić information content (AvgIpc) is 3.10. The molecule has 0 unspecified atom stereocenters. The number of nitrogens with one attached hydrogen (secondary N) is 1. The number of phenols is 1. The summed E-state index contributed by atoms with van der Waals surface area (Å²) >= 11 is 0. The van der Waals surface area contributed by atoms with Crippen LogP contribution in [0.5, 0.6) is 11.5 Å². The van der Waals surface area contributed by atoms with Crippen molar-refractivity contribution in [3.05, 3.63) is 35.2 Å². The molecule has 0 aliphatic carbocycles. The fraction of sp³-hybridized carbons (Fsp3) is 0.444. The van der Waals surface area contributed by atoms with Crippen molar-refractivity contribution in [2.24, 2.45) is 0 Å². The van der Waals surface area contributed by atoms with E-state index in [1.165, 1.54) is 16.8 Å². The summed E-state index contributed by atoms with van der Waals surface area (Å²) in [7, 11) is 2.49. The molecule has 0 bridgehead atoms. The summed E-state index contributed by atoms with van der Waals surface area (Å²) in [5.41, 5.74) is 0.748. The maximum Gasteiger partial charge on any atom is -0.0666 e. The van der Waals surface area contributed by atoms with Crippen LogP contribution in [0, 0.1) is 0 Å². The zero-order valence-corrected chi connectivity index (χ0v) is 16.4. The molecule has 0 saturated carbocycles. The molecule has 3 N–H and O–H groups in total. The predicted molar refractivity (Wildman–Crippen MR) is 104 cm³/mol. The minimum atomic E-state index is -1.33. The molecule has 11 nitrogen and oxygen atoms in total. The van der Waals surface area contributed by atoms with Gasteiger partial charge in [0.2, 0.25) is 0 Å². The van der Waals surface area contributed by atoms with Gasteiger partial charge in [-0.3, -0.25) is 0 Å². The van der Waals surface area contributed by atoms with E-state index in [-0.39, 0.29) is 42.6 Å². The molecule has 2 aromatic rings. The molecule has 1 aliphatic heterocycles. The van der Waals surface area contributed by atoms with Gasteiger partial charge in [-0.05, 0) is 7.05 Å². The Bertz CT molecular complexity index is 943. The number of hydrogen-bond acceptors (Lipinski definition) is 8. The second-order valence-electron chi connectivity index (χ2n) is 6.93. The van der Waals surface area contributed by atoms with E-state index in [0.29, 0.717) is 32.3 Å². The van der Waals surface area contributed by atoms with Crippen LogP contribution in [-0.4, -0.2) is 75.4 Å². The van der Waals surface area contributed by atoms with Gasteiger partial charge in [0.25, 0.3) is 0 Å². The Hall–Kier alpha value is -3.28. The number of aromatic nitrogens is 3. The van der Waals surface area contributed by atoms with Crippen LogP contribution in [0.4, 0.5) is 0 Å². The van der Waals surface area contributed by atoms with E-state index in [0.717, 1.165) is 5.69 Å². The topological polar surface area (TPSA) is 147 Å². The van der Waals surface area contributed by atoms with Crippen molar-refractivity contribution < 1.29 is 29.2 Å². The van der Waals surface area contributed by atoms with Gasteiger partial charge in [0.1, 0.15) is 0 Å². The monoisotopic (exact) mass is 415 g/mol. The first-order chi connectivity index (χ1) is 14.4. The quantitative estimate of drug-likeness (QED) is 0.445. The molecule has 1 amide bonds. The van der Waals surface area contributed by atoms with Crippen LogP contribution in [-0.2, 0) is 29.0 Å². The third kappa shape index (κ3) is 4.82. The SMILES string of the molecule is CNCc1cn(CC(=O)N2CC(Oc3ccc(CCB=O)c(O)c3C(=O)O)C2)nn1. The number of carbonyl (C=O) groups excluding carboxylic acids is 1.